The fourth-order valence-corrected chi connectivity index (χ4v) is 3.97. The highest BCUT2D eigenvalue weighted by Crippen LogP contribution is 2.34. The first-order valence-corrected chi connectivity index (χ1v) is 9.57. The molecule has 2 aliphatic rings. The molecule has 0 radical (unpaired) electrons. The first-order valence-electron chi connectivity index (χ1n) is 8.81. The van der Waals surface area contributed by atoms with E-state index >= 15 is 0 Å². The molecule has 0 bridgehead atoms. The lowest BCUT2D eigenvalue weighted by molar-refractivity contribution is -0.148. The van der Waals surface area contributed by atoms with Gasteiger partial charge in [-0.25, -0.2) is 4.79 Å². The van der Waals surface area contributed by atoms with Crippen LogP contribution in [0.3, 0.4) is 0 Å². The van der Waals surface area contributed by atoms with Gasteiger partial charge < -0.3 is 14.7 Å². The smallest absolute Gasteiger partial charge is 0.326 e. The fraction of sp³-hybridized carbons (Fsp3) is 0.474. The van der Waals surface area contributed by atoms with Crippen molar-refractivity contribution in [1.29, 1.82) is 0 Å². The third-order valence-corrected chi connectivity index (χ3v) is 5.80. The average molecular weight is 398 g/mol. The zero-order valence-electron chi connectivity index (χ0n) is 14.3. The van der Waals surface area contributed by atoms with E-state index in [0.717, 1.165) is 25.7 Å². The van der Waals surface area contributed by atoms with Crippen LogP contribution in [0.4, 0.5) is 0 Å². The average Bonchev–Trinajstić information content (AvgIpc) is 2.97. The number of rotatable bonds is 6. The summed E-state index contributed by atoms with van der Waals surface area (Å²) in [4.78, 5) is 25.5. The molecule has 3 rings (SSSR count). The van der Waals surface area contributed by atoms with Crippen molar-refractivity contribution in [2.45, 2.75) is 44.6 Å². The molecule has 1 N–H and O–H groups in total. The molecule has 1 atom stereocenters. The number of carboxylic acids is 1. The number of hydrogen-bond donors (Lipinski definition) is 1. The second-order valence-electron chi connectivity index (χ2n) is 6.82. The molecular formula is C19H21Cl2NO4. The van der Waals surface area contributed by atoms with Gasteiger partial charge in [0.15, 0.2) is 0 Å². The number of nitrogens with zero attached hydrogens (tertiary/aromatic N) is 1. The third-order valence-electron chi connectivity index (χ3n) is 4.99. The van der Waals surface area contributed by atoms with Gasteiger partial charge in [0.1, 0.15) is 22.6 Å². The maximum absolute atomic E-state index is 12.4. The molecule has 1 aliphatic carbocycles. The number of ether oxygens (including phenoxy) is 1. The molecule has 1 aliphatic heterocycles. The van der Waals surface area contributed by atoms with Crippen molar-refractivity contribution >= 4 is 35.1 Å². The minimum Gasteiger partial charge on any atom is -0.480 e. The van der Waals surface area contributed by atoms with Gasteiger partial charge in [0.05, 0.1) is 11.6 Å². The lowest BCUT2D eigenvalue weighted by Crippen LogP contribution is -2.44. The highest BCUT2D eigenvalue weighted by atomic mass is 35.5. The molecule has 1 aromatic rings. The Morgan fingerprint density at radius 3 is 2.69 bits per heavy atom. The van der Waals surface area contributed by atoms with Gasteiger partial charge in [0.25, 0.3) is 5.91 Å². The Bertz CT molecular complexity index is 728. The van der Waals surface area contributed by atoms with Crippen LogP contribution >= 0.6 is 23.2 Å². The number of carbonyl (C=O) groups excluding carboxylic acids is 1. The molecule has 140 valence electrons. The highest BCUT2D eigenvalue weighted by molar-refractivity contribution is 6.42. The molecule has 5 nitrogen and oxygen atoms in total. The van der Waals surface area contributed by atoms with Crippen LogP contribution in [0.25, 0.3) is 0 Å². The van der Waals surface area contributed by atoms with Crippen LogP contribution in [0.1, 0.15) is 38.5 Å². The highest BCUT2D eigenvalue weighted by Gasteiger charge is 2.36. The first kappa shape index (κ1) is 19.1. The van der Waals surface area contributed by atoms with Crippen LogP contribution in [-0.4, -0.2) is 34.5 Å². The van der Waals surface area contributed by atoms with E-state index in [1.54, 1.807) is 18.2 Å². The number of amides is 1. The monoisotopic (exact) mass is 397 g/mol. The summed E-state index contributed by atoms with van der Waals surface area (Å²) in [6.45, 7) is 0.116. The zero-order valence-corrected chi connectivity index (χ0v) is 15.8. The molecule has 0 saturated heterocycles. The van der Waals surface area contributed by atoms with Crippen molar-refractivity contribution in [2.24, 2.45) is 5.92 Å². The number of halogens is 2. The maximum atomic E-state index is 12.4. The molecule has 1 saturated carbocycles. The second kappa shape index (κ2) is 8.31. The molecule has 1 fully saturated rings. The quantitative estimate of drug-likeness (QED) is 0.765. The van der Waals surface area contributed by atoms with E-state index in [-0.39, 0.29) is 17.5 Å². The lowest BCUT2D eigenvalue weighted by Gasteiger charge is -2.30. The Balaban J connectivity index is 1.68. The molecule has 1 heterocycles. The molecule has 7 heteroatoms. The summed E-state index contributed by atoms with van der Waals surface area (Å²) in [5.41, 5.74) is 0. The summed E-state index contributed by atoms with van der Waals surface area (Å²) in [5, 5.41) is 10.3. The first-order chi connectivity index (χ1) is 12.5. The number of carbonyl (C=O) groups is 2. The van der Waals surface area contributed by atoms with Crippen molar-refractivity contribution in [3.8, 4) is 5.75 Å². The third kappa shape index (κ3) is 4.33. The van der Waals surface area contributed by atoms with Gasteiger partial charge in [-0.15, -0.1) is 0 Å². The van der Waals surface area contributed by atoms with Gasteiger partial charge in [-0.3, -0.25) is 4.79 Å². The fourth-order valence-electron chi connectivity index (χ4n) is 3.64. The Morgan fingerprint density at radius 1 is 1.27 bits per heavy atom. The number of hydrogen-bond acceptors (Lipinski definition) is 3. The summed E-state index contributed by atoms with van der Waals surface area (Å²) in [6, 6.07) is 4.15. The Hall–Kier alpha value is -1.72. The molecule has 1 amide bonds. The number of aliphatic carboxylic acids is 1. The van der Waals surface area contributed by atoms with E-state index in [2.05, 4.69) is 0 Å². The van der Waals surface area contributed by atoms with Crippen LogP contribution in [0.15, 0.2) is 30.0 Å². The summed E-state index contributed by atoms with van der Waals surface area (Å²) >= 11 is 12.1. The summed E-state index contributed by atoms with van der Waals surface area (Å²) in [7, 11) is 0. The van der Waals surface area contributed by atoms with E-state index in [1.165, 1.54) is 17.4 Å². The van der Waals surface area contributed by atoms with Gasteiger partial charge in [-0.2, -0.15) is 0 Å². The predicted molar refractivity (Wildman–Crippen MR) is 99.5 cm³/mol. The lowest BCUT2D eigenvalue weighted by atomic mass is 9.84. The zero-order chi connectivity index (χ0) is 18.7. The molecule has 0 aromatic heterocycles. The topological polar surface area (TPSA) is 66.8 Å². The van der Waals surface area contributed by atoms with E-state index in [9.17, 15) is 14.7 Å². The molecule has 1 aromatic carbocycles. The summed E-state index contributed by atoms with van der Waals surface area (Å²) in [6.07, 6.45) is 7.34. The molecule has 26 heavy (non-hydrogen) atoms. The Kier molecular flexibility index (Phi) is 6.09. The van der Waals surface area contributed by atoms with Crippen molar-refractivity contribution < 1.29 is 19.4 Å². The second-order valence-corrected chi connectivity index (χ2v) is 7.61. The van der Waals surface area contributed by atoms with Gasteiger partial charge in [0.2, 0.25) is 0 Å². The van der Waals surface area contributed by atoms with E-state index in [0.29, 0.717) is 28.9 Å². The molecular weight excluding hydrogens is 377 g/mol. The molecule has 0 spiro atoms. The number of benzene rings is 1. The summed E-state index contributed by atoms with van der Waals surface area (Å²) in [5.74, 6) is -0.251. The molecule has 1 unspecified atom stereocenters. The van der Waals surface area contributed by atoms with Gasteiger partial charge >= 0.3 is 5.97 Å². The van der Waals surface area contributed by atoms with Crippen LogP contribution in [0.5, 0.6) is 5.75 Å². The van der Waals surface area contributed by atoms with Crippen molar-refractivity contribution in [1.82, 2.24) is 4.90 Å². The Morgan fingerprint density at radius 2 is 2.00 bits per heavy atom. The van der Waals surface area contributed by atoms with Crippen molar-refractivity contribution in [3.63, 3.8) is 0 Å². The van der Waals surface area contributed by atoms with Crippen LogP contribution in [0.2, 0.25) is 10.0 Å². The van der Waals surface area contributed by atoms with Crippen molar-refractivity contribution in [3.05, 3.63) is 40.1 Å². The van der Waals surface area contributed by atoms with Gasteiger partial charge in [-0.05, 0) is 24.5 Å². The van der Waals surface area contributed by atoms with Crippen LogP contribution < -0.4 is 4.74 Å². The summed E-state index contributed by atoms with van der Waals surface area (Å²) < 4.78 is 5.70. The van der Waals surface area contributed by atoms with E-state index in [4.69, 9.17) is 27.9 Å². The SMILES string of the molecule is O=C(O)C(CC1CCCCC1)N1CC(Oc2cccc(Cl)c2Cl)=CC1=O. The maximum Gasteiger partial charge on any atom is 0.326 e. The van der Waals surface area contributed by atoms with Crippen LogP contribution in [0, 0.1) is 5.92 Å². The minimum atomic E-state index is -0.973. The van der Waals surface area contributed by atoms with Crippen molar-refractivity contribution in [2.75, 3.05) is 6.54 Å². The standard InChI is InChI=1S/C19H21Cl2NO4/c20-14-7-4-8-16(18(14)21)26-13-10-17(23)22(11-13)15(19(24)25)9-12-5-2-1-3-6-12/h4,7-8,10,12,15H,1-3,5-6,9,11H2,(H,24,25). The largest absolute Gasteiger partial charge is 0.480 e. The Labute approximate surface area is 162 Å². The number of carboxylic acid groups (broad SMARTS) is 1. The van der Waals surface area contributed by atoms with E-state index in [1.807, 2.05) is 0 Å². The van der Waals surface area contributed by atoms with Crippen LogP contribution in [-0.2, 0) is 9.59 Å². The van der Waals surface area contributed by atoms with E-state index < -0.39 is 12.0 Å². The van der Waals surface area contributed by atoms with Gasteiger partial charge in [-0.1, -0.05) is 61.4 Å². The predicted octanol–water partition coefficient (Wildman–Crippen LogP) is 4.52. The van der Waals surface area contributed by atoms with Gasteiger partial charge in [0, 0.05) is 6.08 Å². The minimum absolute atomic E-state index is 0.116. The normalized spacial score (nSPS) is 19.4.